The minimum atomic E-state index is -1.31. The molecule has 0 bridgehead atoms. The average Bonchev–Trinajstić information content (AvgIpc) is 3.01. The molecular weight excluding hydrogens is 412 g/mol. The van der Waals surface area contributed by atoms with Gasteiger partial charge in [-0.1, -0.05) is 32.1 Å². The highest BCUT2D eigenvalue weighted by Crippen LogP contribution is 2.59. The number of cyclic esters (lactones) is 1. The van der Waals surface area contributed by atoms with Crippen LogP contribution in [0.3, 0.4) is 0 Å². The van der Waals surface area contributed by atoms with Gasteiger partial charge >= 0.3 is 5.97 Å². The van der Waals surface area contributed by atoms with Crippen molar-refractivity contribution in [1.82, 2.24) is 9.80 Å². The number of ether oxygens (including phenoxy) is 2. The van der Waals surface area contributed by atoms with Gasteiger partial charge in [-0.05, 0) is 39.7 Å². The molecule has 4 heterocycles. The summed E-state index contributed by atoms with van der Waals surface area (Å²) in [6.45, 7) is 9.86. The van der Waals surface area contributed by atoms with Crippen LogP contribution in [0.25, 0.3) is 0 Å². The van der Waals surface area contributed by atoms with Crippen LogP contribution in [0.1, 0.15) is 47.5 Å². The molecule has 0 saturated carbocycles. The molecule has 6 atom stereocenters. The SMILES string of the molecule is CC[C@@H](CO)N1C(=O)[C@@H]2[C@H]3C(=O)OCC=C[C@@]3(CC)O[C@@]23C=CCN(C(C)(C)C)C(=O)C13. The molecule has 4 rings (SSSR count). The summed E-state index contributed by atoms with van der Waals surface area (Å²) in [4.78, 5) is 44.4. The van der Waals surface area contributed by atoms with E-state index in [1.54, 1.807) is 11.0 Å². The van der Waals surface area contributed by atoms with Crippen LogP contribution in [-0.4, -0.2) is 81.3 Å². The maximum Gasteiger partial charge on any atom is 0.313 e. The van der Waals surface area contributed by atoms with Crippen molar-refractivity contribution in [3.63, 3.8) is 0 Å². The van der Waals surface area contributed by atoms with Crippen LogP contribution >= 0.6 is 0 Å². The Morgan fingerprint density at radius 3 is 2.44 bits per heavy atom. The van der Waals surface area contributed by atoms with E-state index in [4.69, 9.17) is 9.47 Å². The number of amides is 2. The van der Waals surface area contributed by atoms with E-state index in [1.165, 1.54) is 4.90 Å². The third-order valence-electron chi connectivity index (χ3n) is 7.52. The first-order valence-corrected chi connectivity index (χ1v) is 11.5. The van der Waals surface area contributed by atoms with Gasteiger partial charge < -0.3 is 24.4 Å². The lowest BCUT2D eigenvalue weighted by atomic mass is 9.73. The smallest absolute Gasteiger partial charge is 0.313 e. The van der Waals surface area contributed by atoms with Gasteiger partial charge in [0.1, 0.15) is 29.8 Å². The number of carbonyl (C=O) groups is 3. The number of esters is 1. The molecule has 0 aromatic heterocycles. The third-order valence-corrected chi connectivity index (χ3v) is 7.52. The van der Waals surface area contributed by atoms with Crippen molar-refractivity contribution < 1.29 is 29.0 Å². The van der Waals surface area contributed by atoms with Gasteiger partial charge in [0.2, 0.25) is 11.8 Å². The van der Waals surface area contributed by atoms with Crippen molar-refractivity contribution in [3.05, 3.63) is 24.3 Å². The molecule has 0 aliphatic carbocycles. The van der Waals surface area contributed by atoms with E-state index < -0.39 is 46.6 Å². The van der Waals surface area contributed by atoms with Crippen LogP contribution in [-0.2, 0) is 23.9 Å². The molecule has 4 aliphatic heterocycles. The number of hydrogen-bond acceptors (Lipinski definition) is 6. The first-order chi connectivity index (χ1) is 15.1. The Balaban J connectivity index is 1.94. The predicted octanol–water partition coefficient (Wildman–Crippen LogP) is 1.43. The van der Waals surface area contributed by atoms with Crippen LogP contribution in [0.2, 0.25) is 0 Å². The van der Waals surface area contributed by atoms with E-state index in [1.807, 2.05) is 52.8 Å². The van der Waals surface area contributed by atoms with Crippen LogP contribution in [0.15, 0.2) is 24.3 Å². The van der Waals surface area contributed by atoms with E-state index in [0.29, 0.717) is 19.4 Å². The number of carbonyl (C=O) groups excluding carboxylic acids is 3. The van der Waals surface area contributed by atoms with Gasteiger partial charge in [0.25, 0.3) is 0 Å². The number of fused-ring (bicyclic) bond motifs is 2. The van der Waals surface area contributed by atoms with Gasteiger partial charge in [0, 0.05) is 12.1 Å². The van der Waals surface area contributed by atoms with Crippen LogP contribution < -0.4 is 0 Å². The second-order valence-electron chi connectivity index (χ2n) is 10.2. The molecule has 1 unspecified atom stereocenters. The summed E-state index contributed by atoms with van der Waals surface area (Å²) < 4.78 is 12.2. The maximum atomic E-state index is 14.0. The third kappa shape index (κ3) is 2.99. The topological polar surface area (TPSA) is 96.4 Å². The zero-order valence-corrected chi connectivity index (χ0v) is 19.5. The molecule has 2 fully saturated rings. The first kappa shape index (κ1) is 23.0. The molecule has 32 heavy (non-hydrogen) atoms. The fourth-order valence-corrected chi connectivity index (χ4v) is 5.95. The zero-order valence-electron chi connectivity index (χ0n) is 19.5. The highest BCUT2D eigenvalue weighted by molar-refractivity contribution is 5.99. The Labute approximate surface area is 189 Å². The lowest BCUT2D eigenvalue weighted by molar-refractivity contribution is -0.162. The number of aliphatic hydroxyl groups excluding tert-OH is 1. The largest absolute Gasteiger partial charge is 0.461 e. The molecule has 8 heteroatoms. The number of rotatable bonds is 4. The fraction of sp³-hybridized carbons (Fsp3) is 0.708. The van der Waals surface area contributed by atoms with Crippen LogP contribution in [0.4, 0.5) is 0 Å². The summed E-state index contributed by atoms with van der Waals surface area (Å²) >= 11 is 0. The van der Waals surface area contributed by atoms with E-state index in [-0.39, 0.29) is 25.0 Å². The maximum absolute atomic E-state index is 14.0. The number of aliphatic hydroxyl groups is 1. The molecule has 0 aromatic rings. The number of hydrogen-bond donors (Lipinski definition) is 1. The summed E-state index contributed by atoms with van der Waals surface area (Å²) in [7, 11) is 0. The van der Waals surface area contributed by atoms with E-state index in [9.17, 15) is 19.5 Å². The highest BCUT2D eigenvalue weighted by Gasteiger charge is 2.76. The van der Waals surface area contributed by atoms with Crippen molar-refractivity contribution in [3.8, 4) is 0 Å². The Morgan fingerprint density at radius 2 is 1.84 bits per heavy atom. The van der Waals surface area contributed by atoms with E-state index in [0.717, 1.165) is 0 Å². The van der Waals surface area contributed by atoms with Gasteiger partial charge in [-0.2, -0.15) is 0 Å². The van der Waals surface area contributed by atoms with Gasteiger partial charge in [-0.15, -0.1) is 0 Å². The fourth-order valence-electron chi connectivity index (χ4n) is 5.95. The average molecular weight is 447 g/mol. The first-order valence-electron chi connectivity index (χ1n) is 11.5. The molecule has 2 amide bonds. The predicted molar refractivity (Wildman–Crippen MR) is 116 cm³/mol. The van der Waals surface area contributed by atoms with Crippen LogP contribution in [0.5, 0.6) is 0 Å². The monoisotopic (exact) mass is 446 g/mol. The molecule has 1 spiro atoms. The summed E-state index contributed by atoms with van der Waals surface area (Å²) in [6.07, 6.45) is 8.21. The molecule has 8 nitrogen and oxygen atoms in total. The molecule has 0 aromatic carbocycles. The second kappa shape index (κ2) is 7.70. The molecule has 1 N–H and O–H groups in total. The minimum absolute atomic E-state index is 0.127. The summed E-state index contributed by atoms with van der Waals surface area (Å²) in [5.41, 5.74) is -2.82. The molecule has 0 radical (unpaired) electrons. The van der Waals surface area contributed by atoms with Crippen LogP contribution in [0, 0.1) is 11.8 Å². The second-order valence-corrected chi connectivity index (χ2v) is 10.2. The molecule has 4 aliphatic rings. The Bertz CT molecular complexity index is 872. The van der Waals surface area contributed by atoms with Gasteiger partial charge in [0.15, 0.2) is 0 Å². The molecular formula is C24H34N2O6. The lowest BCUT2D eigenvalue weighted by Crippen LogP contribution is -2.61. The van der Waals surface area contributed by atoms with Gasteiger partial charge in [0.05, 0.1) is 18.6 Å². The Morgan fingerprint density at radius 1 is 1.12 bits per heavy atom. The number of likely N-dealkylation sites (tertiary alicyclic amines) is 1. The molecule has 2 saturated heterocycles. The van der Waals surface area contributed by atoms with E-state index >= 15 is 0 Å². The van der Waals surface area contributed by atoms with Crippen molar-refractivity contribution >= 4 is 17.8 Å². The van der Waals surface area contributed by atoms with Crippen molar-refractivity contribution in [2.75, 3.05) is 19.8 Å². The summed E-state index contributed by atoms with van der Waals surface area (Å²) in [5, 5.41) is 10.1. The molecule has 176 valence electrons. The minimum Gasteiger partial charge on any atom is -0.461 e. The van der Waals surface area contributed by atoms with Crippen molar-refractivity contribution in [1.29, 1.82) is 0 Å². The lowest BCUT2D eigenvalue weighted by Gasteiger charge is -2.43. The number of nitrogens with zero attached hydrogens (tertiary/aromatic N) is 2. The van der Waals surface area contributed by atoms with Crippen molar-refractivity contribution in [2.24, 2.45) is 11.8 Å². The normalized spacial score (nSPS) is 37.6. The van der Waals surface area contributed by atoms with Crippen molar-refractivity contribution in [2.45, 2.75) is 76.3 Å². The standard InChI is InChI=1S/C24H34N2O6/c1-6-15(14-27)26-18-20(29)25(22(3,4)5)12-8-11-24(18)16(19(26)28)17-21(30)31-13-9-10-23(17,7-2)32-24/h8-11,15-18,27H,6-7,12-14H2,1-5H3/t15-,16-,17-,18?,23+,24-/m0/s1. The Kier molecular flexibility index (Phi) is 5.53. The van der Waals surface area contributed by atoms with E-state index in [2.05, 4.69) is 0 Å². The quantitative estimate of drug-likeness (QED) is 0.518. The summed E-state index contributed by atoms with van der Waals surface area (Å²) in [6, 6.07) is -1.52. The van der Waals surface area contributed by atoms with Gasteiger partial charge in [-0.25, -0.2) is 0 Å². The Hall–Kier alpha value is -2.19. The zero-order chi connectivity index (χ0) is 23.5. The van der Waals surface area contributed by atoms with Gasteiger partial charge in [-0.3, -0.25) is 14.4 Å². The summed E-state index contributed by atoms with van der Waals surface area (Å²) in [5.74, 6) is -2.81. The highest BCUT2D eigenvalue weighted by atomic mass is 16.6.